The van der Waals surface area contributed by atoms with Crippen molar-refractivity contribution in [3.05, 3.63) is 29.8 Å². The van der Waals surface area contributed by atoms with E-state index in [0.29, 0.717) is 24.8 Å². The fourth-order valence-electron chi connectivity index (χ4n) is 2.24. The summed E-state index contributed by atoms with van der Waals surface area (Å²) in [6.45, 7) is 7.50. The minimum Gasteiger partial charge on any atom is -0.484 e. The van der Waals surface area contributed by atoms with Gasteiger partial charge in [-0.1, -0.05) is 32.9 Å². The Labute approximate surface area is 150 Å². The number of primary amides is 1. The Hall–Kier alpha value is -2.28. The zero-order valence-electron chi connectivity index (χ0n) is 15.8. The number of aliphatic imine (C=N–C) groups is 1. The molecule has 1 aromatic carbocycles. The van der Waals surface area contributed by atoms with E-state index in [2.05, 4.69) is 36.4 Å². The minimum atomic E-state index is -0.500. The number of methoxy groups -OCH3 is 1. The summed E-state index contributed by atoms with van der Waals surface area (Å²) in [5.41, 5.74) is 6.12. The van der Waals surface area contributed by atoms with E-state index in [0.717, 1.165) is 5.56 Å². The molecule has 0 aliphatic rings. The third kappa shape index (κ3) is 7.89. The van der Waals surface area contributed by atoms with Gasteiger partial charge >= 0.3 is 0 Å². The first-order chi connectivity index (χ1) is 11.8. The summed E-state index contributed by atoms with van der Waals surface area (Å²) >= 11 is 0. The lowest BCUT2D eigenvalue weighted by atomic mass is 9.89. The molecular formula is C18H30N4O3. The molecule has 0 saturated heterocycles. The molecule has 0 aromatic heterocycles. The van der Waals surface area contributed by atoms with E-state index in [1.54, 1.807) is 20.2 Å². The summed E-state index contributed by atoms with van der Waals surface area (Å²) in [5, 5.41) is 6.52. The molecule has 1 atom stereocenters. The van der Waals surface area contributed by atoms with E-state index in [4.69, 9.17) is 15.2 Å². The van der Waals surface area contributed by atoms with E-state index in [9.17, 15) is 4.79 Å². The van der Waals surface area contributed by atoms with Gasteiger partial charge in [-0.2, -0.15) is 0 Å². The zero-order chi connectivity index (χ0) is 18.9. The highest BCUT2D eigenvalue weighted by Gasteiger charge is 2.24. The van der Waals surface area contributed by atoms with Crippen LogP contribution in [-0.4, -0.2) is 45.3 Å². The first kappa shape index (κ1) is 20.8. The van der Waals surface area contributed by atoms with Crippen LogP contribution in [-0.2, 0) is 16.1 Å². The van der Waals surface area contributed by atoms with Crippen molar-refractivity contribution >= 4 is 11.9 Å². The summed E-state index contributed by atoms with van der Waals surface area (Å²) < 4.78 is 10.8. The highest BCUT2D eigenvalue weighted by atomic mass is 16.5. The minimum absolute atomic E-state index is 0.0344. The van der Waals surface area contributed by atoms with E-state index in [1.807, 2.05) is 18.2 Å². The Balaban J connectivity index is 2.54. The number of nitrogens with two attached hydrogens (primary N) is 1. The molecule has 0 bridgehead atoms. The zero-order valence-corrected chi connectivity index (χ0v) is 15.8. The number of benzene rings is 1. The highest BCUT2D eigenvalue weighted by molar-refractivity contribution is 5.79. The molecule has 1 amide bonds. The van der Waals surface area contributed by atoms with Crippen molar-refractivity contribution in [3.8, 4) is 5.75 Å². The van der Waals surface area contributed by atoms with Crippen LogP contribution >= 0.6 is 0 Å². The first-order valence-electron chi connectivity index (χ1n) is 8.23. The lowest BCUT2D eigenvalue weighted by Crippen LogP contribution is -2.45. The molecular weight excluding hydrogens is 320 g/mol. The molecule has 0 radical (unpaired) electrons. The van der Waals surface area contributed by atoms with Crippen LogP contribution in [0.4, 0.5) is 0 Å². The van der Waals surface area contributed by atoms with Crippen LogP contribution in [0.15, 0.2) is 29.3 Å². The lowest BCUT2D eigenvalue weighted by Gasteiger charge is -2.30. The topological polar surface area (TPSA) is 98.0 Å². The molecule has 0 heterocycles. The Morgan fingerprint density at radius 2 is 2.04 bits per heavy atom. The van der Waals surface area contributed by atoms with E-state index in [1.165, 1.54) is 0 Å². The van der Waals surface area contributed by atoms with Gasteiger partial charge in [0.25, 0.3) is 5.91 Å². The summed E-state index contributed by atoms with van der Waals surface area (Å²) in [6, 6.07) is 7.47. The first-order valence-corrected chi connectivity index (χ1v) is 8.23. The second-order valence-electron chi connectivity index (χ2n) is 6.80. The van der Waals surface area contributed by atoms with Gasteiger partial charge in [0.15, 0.2) is 12.6 Å². The third-order valence-corrected chi connectivity index (χ3v) is 3.67. The number of carbonyl (C=O) groups is 1. The normalized spacial score (nSPS) is 13.2. The van der Waals surface area contributed by atoms with Gasteiger partial charge in [0.1, 0.15) is 5.75 Å². The molecule has 0 spiro atoms. The number of rotatable bonds is 8. The van der Waals surface area contributed by atoms with E-state index >= 15 is 0 Å². The second-order valence-corrected chi connectivity index (χ2v) is 6.80. The van der Waals surface area contributed by atoms with Gasteiger partial charge < -0.3 is 25.8 Å². The van der Waals surface area contributed by atoms with Crippen molar-refractivity contribution in [2.75, 3.05) is 27.3 Å². The molecule has 4 N–H and O–H groups in total. The van der Waals surface area contributed by atoms with Gasteiger partial charge in [0.05, 0.1) is 6.10 Å². The van der Waals surface area contributed by atoms with Crippen molar-refractivity contribution in [2.24, 2.45) is 16.1 Å². The number of hydrogen-bond donors (Lipinski definition) is 3. The van der Waals surface area contributed by atoms with Gasteiger partial charge in [0.2, 0.25) is 0 Å². The number of guanidine groups is 1. The molecule has 1 rings (SSSR count). The van der Waals surface area contributed by atoms with Crippen LogP contribution in [0, 0.1) is 5.41 Å². The number of carbonyl (C=O) groups excluding carboxylic acids is 1. The summed E-state index contributed by atoms with van der Waals surface area (Å²) in [5.74, 6) is 0.794. The average Bonchev–Trinajstić information content (AvgIpc) is 2.55. The average molecular weight is 350 g/mol. The molecule has 25 heavy (non-hydrogen) atoms. The largest absolute Gasteiger partial charge is 0.484 e. The second kappa shape index (κ2) is 9.88. The van der Waals surface area contributed by atoms with Crippen molar-refractivity contribution in [2.45, 2.75) is 33.4 Å². The van der Waals surface area contributed by atoms with Crippen LogP contribution in [0.25, 0.3) is 0 Å². The van der Waals surface area contributed by atoms with Gasteiger partial charge in [-0.3, -0.25) is 9.79 Å². The monoisotopic (exact) mass is 350 g/mol. The SMILES string of the molecule is CN=C(NCc1cccc(OCC(N)=O)c1)NCC(OC)C(C)(C)C. The lowest BCUT2D eigenvalue weighted by molar-refractivity contribution is -0.119. The molecule has 140 valence electrons. The van der Waals surface area contributed by atoms with E-state index < -0.39 is 5.91 Å². The van der Waals surface area contributed by atoms with Crippen molar-refractivity contribution in [1.29, 1.82) is 0 Å². The number of ether oxygens (including phenoxy) is 2. The maximum atomic E-state index is 10.8. The standard InChI is InChI=1S/C18H30N4O3/c1-18(2,3)15(24-5)11-22-17(20-4)21-10-13-7-6-8-14(9-13)25-12-16(19)23/h6-9,15H,10-12H2,1-5H3,(H2,19,23)(H2,20,21,22). The van der Waals surface area contributed by atoms with Crippen molar-refractivity contribution < 1.29 is 14.3 Å². The fourth-order valence-corrected chi connectivity index (χ4v) is 2.24. The molecule has 7 heteroatoms. The Bertz CT molecular complexity index is 582. The summed E-state index contributed by atoms with van der Waals surface area (Å²) in [7, 11) is 3.44. The Kier molecular flexibility index (Phi) is 8.21. The number of hydrogen-bond acceptors (Lipinski definition) is 4. The summed E-state index contributed by atoms with van der Waals surface area (Å²) in [6.07, 6.45) is 0.0663. The fraction of sp³-hybridized carbons (Fsp3) is 0.556. The molecule has 0 saturated carbocycles. The van der Waals surface area contributed by atoms with Gasteiger partial charge in [-0.05, 0) is 23.1 Å². The molecule has 0 aliphatic heterocycles. The van der Waals surface area contributed by atoms with Gasteiger partial charge in [-0.15, -0.1) is 0 Å². The predicted octanol–water partition coefficient (Wildman–Crippen LogP) is 1.28. The molecule has 0 aliphatic carbocycles. The smallest absolute Gasteiger partial charge is 0.255 e. The number of nitrogens with zero attached hydrogens (tertiary/aromatic N) is 1. The predicted molar refractivity (Wildman–Crippen MR) is 99.6 cm³/mol. The molecule has 1 aromatic rings. The quantitative estimate of drug-likeness (QED) is 0.485. The van der Waals surface area contributed by atoms with Gasteiger partial charge in [-0.25, -0.2) is 0 Å². The van der Waals surface area contributed by atoms with Crippen molar-refractivity contribution in [1.82, 2.24) is 10.6 Å². The van der Waals surface area contributed by atoms with Crippen LogP contribution in [0.2, 0.25) is 0 Å². The van der Waals surface area contributed by atoms with Gasteiger partial charge in [0, 0.05) is 27.2 Å². The third-order valence-electron chi connectivity index (χ3n) is 3.67. The number of amides is 1. The van der Waals surface area contributed by atoms with Crippen LogP contribution in [0.1, 0.15) is 26.3 Å². The molecule has 0 fully saturated rings. The highest BCUT2D eigenvalue weighted by Crippen LogP contribution is 2.20. The van der Waals surface area contributed by atoms with Crippen LogP contribution in [0.5, 0.6) is 5.75 Å². The molecule has 1 unspecified atom stereocenters. The van der Waals surface area contributed by atoms with Crippen molar-refractivity contribution in [3.63, 3.8) is 0 Å². The summed E-state index contributed by atoms with van der Waals surface area (Å²) in [4.78, 5) is 15.0. The van der Waals surface area contributed by atoms with Crippen LogP contribution in [0.3, 0.4) is 0 Å². The van der Waals surface area contributed by atoms with Crippen LogP contribution < -0.4 is 21.1 Å². The number of nitrogens with one attached hydrogen (secondary N) is 2. The maximum Gasteiger partial charge on any atom is 0.255 e. The van der Waals surface area contributed by atoms with E-state index in [-0.39, 0.29) is 18.1 Å². The maximum absolute atomic E-state index is 10.8. The molecule has 7 nitrogen and oxygen atoms in total. The Morgan fingerprint density at radius 1 is 1.32 bits per heavy atom. The Morgan fingerprint density at radius 3 is 2.60 bits per heavy atom.